The standard InChI is InChI=1S/C10H17NO/c1-6-8-11-7(2)9(12-8)10(3,4)5/h6H2,1-5H3. The molecular formula is C10H17NO. The predicted octanol–water partition coefficient (Wildman–Crippen LogP) is 2.84. The molecule has 1 heterocycles. The van der Waals surface area contributed by atoms with Gasteiger partial charge in [-0.25, -0.2) is 4.98 Å². The molecule has 1 aromatic rings. The summed E-state index contributed by atoms with van der Waals surface area (Å²) in [6, 6.07) is 0. The Bertz CT molecular complexity index is 268. The second-order valence-electron chi connectivity index (χ2n) is 4.13. The maximum atomic E-state index is 5.62. The summed E-state index contributed by atoms with van der Waals surface area (Å²) in [5, 5.41) is 0. The van der Waals surface area contributed by atoms with Gasteiger partial charge in [0.15, 0.2) is 5.89 Å². The molecule has 1 aromatic heterocycles. The molecule has 0 amide bonds. The van der Waals surface area contributed by atoms with Gasteiger partial charge in [0.2, 0.25) is 0 Å². The van der Waals surface area contributed by atoms with Crippen LogP contribution in [-0.4, -0.2) is 4.98 Å². The Morgan fingerprint density at radius 2 is 1.92 bits per heavy atom. The largest absolute Gasteiger partial charge is 0.445 e. The zero-order valence-electron chi connectivity index (χ0n) is 8.56. The van der Waals surface area contributed by atoms with Crippen LogP contribution in [0.25, 0.3) is 0 Å². The van der Waals surface area contributed by atoms with E-state index in [4.69, 9.17) is 4.42 Å². The summed E-state index contributed by atoms with van der Waals surface area (Å²) in [4.78, 5) is 4.33. The summed E-state index contributed by atoms with van der Waals surface area (Å²) in [5.41, 5.74) is 1.10. The third-order valence-corrected chi connectivity index (χ3v) is 1.82. The van der Waals surface area contributed by atoms with Gasteiger partial charge < -0.3 is 4.42 Å². The van der Waals surface area contributed by atoms with Gasteiger partial charge in [-0.1, -0.05) is 27.7 Å². The number of nitrogens with zero attached hydrogens (tertiary/aromatic N) is 1. The molecule has 0 spiro atoms. The summed E-state index contributed by atoms with van der Waals surface area (Å²) in [6.07, 6.45) is 0.872. The first-order valence-corrected chi connectivity index (χ1v) is 4.42. The van der Waals surface area contributed by atoms with Crippen LogP contribution in [-0.2, 0) is 11.8 Å². The van der Waals surface area contributed by atoms with Gasteiger partial charge in [0, 0.05) is 11.8 Å². The lowest BCUT2D eigenvalue weighted by molar-refractivity contribution is 0.383. The van der Waals surface area contributed by atoms with Gasteiger partial charge in [0.1, 0.15) is 5.76 Å². The van der Waals surface area contributed by atoms with Crippen LogP contribution in [0.1, 0.15) is 45.0 Å². The molecule has 0 atom stereocenters. The Balaban J connectivity index is 3.08. The molecular weight excluding hydrogens is 150 g/mol. The Kier molecular flexibility index (Phi) is 2.27. The summed E-state index contributed by atoms with van der Waals surface area (Å²) in [7, 11) is 0. The Labute approximate surface area is 74.0 Å². The number of aromatic nitrogens is 1. The molecule has 68 valence electrons. The Hall–Kier alpha value is -0.790. The normalized spacial score (nSPS) is 12.1. The van der Waals surface area contributed by atoms with E-state index in [9.17, 15) is 0 Å². The molecule has 0 radical (unpaired) electrons. The van der Waals surface area contributed by atoms with Crippen molar-refractivity contribution in [2.45, 2.75) is 46.5 Å². The molecule has 2 nitrogen and oxygen atoms in total. The van der Waals surface area contributed by atoms with Gasteiger partial charge >= 0.3 is 0 Å². The van der Waals surface area contributed by atoms with E-state index in [1.54, 1.807) is 0 Å². The van der Waals surface area contributed by atoms with Gasteiger partial charge in [0.25, 0.3) is 0 Å². The van der Waals surface area contributed by atoms with E-state index in [2.05, 4.69) is 32.7 Å². The summed E-state index contributed by atoms with van der Waals surface area (Å²) in [5.74, 6) is 1.86. The van der Waals surface area contributed by atoms with Crippen LogP contribution in [0.2, 0.25) is 0 Å². The topological polar surface area (TPSA) is 26.0 Å². The second kappa shape index (κ2) is 2.92. The van der Waals surface area contributed by atoms with Crippen molar-refractivity contribution in [3.05, 3.63) is 17.3 Å². The minimum Gasteiger partial charge on any atom is -0.445 e. The van der Waals surface area contributed by atoms with Crippen molar-refractivity contribution in [3.8, 4) is 0 Å². The van der Waals surface area contributed by atoms with Crippen molar-refractivity contribution >= 4 is 0 Å². The maximum absolute atomic E-state index is 5.62. The summed E-state index contributed by atoms with van der Waals surface area (Å²) >= 11 is 0. The first kappa shape index (κ1) is 9.30. The van der Waals surface area contributed by atoms with E-state index in [-0.39, 0.29) is 5.41 Å². The van der Waals surface area contributed by atoms with Gasteiger partial charge in [-0.2, -0.15) is 0 Å². The fourth-order valence-corrected chi connectivity index (χ4v) is 1.30. The lowest BCUT2D eigenvalue weighted by Gasteiger charge is -2.14. The molecule has 0 saturated heterocycles. The third-order valence-electron chi connectivity index (χ3n) is 1.82. The molecule has 2 heteroatoms. The van der Waals surface area contributed by atoms with Crippen molar-refractivity contribution < 1.29 is 4.42 Å². The summed E-state index contributed by atoms with van der Waals surface area (Å²) in [6.45, 7) is 10.5. The maximum Gasteiger partial charge on any atom is 0.194 e. The highest BCUT2D eigenvalue weighted by atomic mass is 16.4. The van der Waals surface area contributed by atoms with Crippen molar-refractivity contribution in [1.29, 1.82) is 0 Å². The zero-order chi connectivity index (χ0) is 9.35. The van der Waals surface area contributed by atoms with Gasteiger partial charge in [-0.3, -0.25) is 0 Å². The molecule has 1 rings (SSSR count). The molecule has 0 fully saturated rings. The van der Waals surface area contributed by atoms with E-state index < -0.39 is 0 Å². The monoisotopic (exact) mass is 167 g/mol. The molecule has 0 aromatic carbocycles. The molecule has 0 bridgehead atoms. The highest BCUT2D eigenvalue weighted by molar-refractivity contribution is 5.16. The lowest BCUT2D eigenvalue weighted by atomic mass is 9.92. The number of oxazole rings is 1. The molecule has 0 unspecified atom stereocenters. The molecule has 0 saturated carbocycles. The average Bonchev–Trinajstić information content (AvgIpc) is 2.29. The van der Waals surface area contributed by atoms with Gasteiger partial charge in [-0.05, 0) is 6.92 Å². The van der Waals surface area contributed by atoms with Crippen LogP contribution in [0.15, 0.2) is 4.42 Å². The molecule has 0 aliphatic heterocycles. The average molecular weight is 167 g/mol. The zero-order valence-corrected chi connectivity index (χ0v) is 8.56. The molecule has 0 aliphatic rings. The molecule has 0 N–H and O–H groups in total. The number of hydrogen-bond donors (Lipinski definition) is 0. The van der Waals surface area contributed by atoms with Crippen LogP contribution >= 0.6 is 0 Å². The van der Waals surface area contributed by atoms with Crippen molar-refractivity contribution in [2.75, 3.05) is 0 Å². The van der Waals surface area contributed by atoms with E-state index in [0.29, 0.717) is 0 Å². The fourth-order valence-electron chi connectivity index (χ4n) is 1.30. The smallest absolute Gasteiger partial charge is 0.194 e. The Morgan fingerprint density at radius 1 is 1.33 bits per heavy atom. The van der Waals surface area contributed by atoms with Gasteiger partial charge in [0.05, 0.1) is 5.69 Å². The van der Waals surface area contributed by atoms with Crippen LogP contribution < -0.4 is 0 Å². The van der Waals surface area contributed by atoms with Crippen LogP contribution in [0.3, 0.4) is 0 Å². The number of rotatable bonds is 1. The molecule has 12 heavy (non-hydrogen) atoms. The first-order chi connectivity index (χ1) is 5.45. The van der Waals surface area contributed by atoms with E-state index in [1.165, 1.54) is 0 Å². The van der Waals surface area contributed by atoms with Crippen LogP contribution in [0, 0.1) is 6.92 Å². The molecule has 0 aliphatic carbocycles. The number of hydrogen-bond acceptors (Lipinski definition) is 2. The quantitative estimate of drug-likeness (QED) is 0.642. The first-order valence-electron chi connectivity index (χ1n) is 4.42. The van der Waals surface area contributed by atoms with Crippen LogP contribution in [0.5, 0.6) is 0 Å². The van der Waals surface area contributed by atoms with Gasteiger partial charge in [-0.15, -0.1) is 0 Å². The lowest BCUT2D eigenvalue weighted by Crippen LogP contribution is -2.11. The third kappa shape index (κ3) is 1.68. The highest BCUT2D eigenvalue weighted by Gasteiger charge is 2.22. The minimum atomic E-state index is 0.0739. The Morgan fingerprint density at radius 3 is 2.17 bits per heavy atom. The second-order valence-corrected chi connectivity index (χ2v) is 4.13. The van der Waals surface area contributed by atoms with Crippen LogP contribution in [0.4, 0.5) is 0 Å². The predicted molar refractivity (Wildman–Crippen MR) is 49.3 cm³/mol. The van der Waals surface area contributed by atoms with Crippen molar-refractivity contribution in [3.63, 3.8) is 0 Å². The van der Waals surface area contributed by atoms with E-state index in [1.807, 2.05) is 6.92 Å². The highest BCUT2D eigenvalue weighted by Crippen LogP contribution is 2.26. The van der Waals surface area contributed by atoms with Crippen molar-refractivity contribution in [1.82, 2.24) is 4.98 Å². The van der Waals surface area contributed by atoms with Crippen molar-refractivity contribution in [2.24, 2.45) is 0 Å². The number of aryl methyl sites for hydroxylation is 2. The van der Waals surface area contributed by atoms with E-state index >= 15 is 0 Å². The summed E-state index contributed by atoms with van der Waals surface area (Å²) < 4.78 is 5.62. The minimum absolute atomic E-state index is 0.0739. The fraction of sp³-hybridized carbons (Fsp3) is 0.700. The van der Waals surface area contributed by atoms with E-state index in [0.717, 1.165) is 23.8 Å². The SMILES string of the molecule is CCc1nc(C)c(C(C)(C)C)o1.